The molecule has 0 atom stereocenters. The van der Waals surface area contributed by atoms with Crippen LogP contribution in [0.5, 0.6) is 11.5 Å². The van der Waals surface area contributed by atoms with Gasteiger partial charge in [-0.05, 0) is 48.9 Å². The fourth-order valence-electron chi connectivity index (χ4n) is 3.24. The van der Waals surface area contributed by atoms with Gasteiger partial charge in [-0.15, -0.1) is 10.2 Å². The normalized spacial score (nSPS) is 10.7. The average molecular weight is 540 g/mol. The van der Waals surface area contributed by atoms with Crippen molar-refractivity contribution in [2.45, 2.75) is 18.6 Å². The number of rotatable bonds is 12. The SMILES string of the molecule is CCOC(=O)c1cccc(NC(=O)CSc2nnc(CNC(=O)/C=C/c3ccc(OC)c(OC)c3)n2C)c1. The van der Waals surface area contributed by atoms with E-state index in [2.05, 4.69) is 20.8 Å². The van der Waals surface area contributed by atoms with Crippen molar-refractivity contribution in [2.75, 3.05) is 31.9 Å². The number of hydrogen-bond acceptors (Lipinski definition) is 9. The molecule has 0 aliphatic heterocycles. The lowest BCUT2D eigenvalue weighted by Crippen LogP contribution is -2.22. The monoisotopic (exact) mass is 539 g/mol. The van der Waals surface area contributed by atoms with E-state index in [-0.39, 0.29) is 30.7 Å². The largest absolute Gasteiger partial charge is 0.493 e. The Labute approximate surface area is 224 Å². The van der Waals surface area contributed by atoms with E-state index in [1.165, 1.54) is 17.8 Å². The Morgan fingerprint density at radius 2 is 1.84 bits per heavy atom. The van der Waals surface area contributed by atoms with E-state index in [0.717, 1.165) is 5.56 Å². The van der Waals surface area contributed by atoms with Gasteiger partial charge >= 0.3 is 5.97 Å². The molecular formula is C26H29N5O6S. The number of carbonyl (C=O) groups excluding carboxylic acids is 3. The molecular weight excluding hydrogens is 510 g/mol. The number of hydrogen-bond donors (Lipinski definition) is 2. The molecule has 1 heterocycles. The summed E-state index contributed by atoms with van der Waals surface area (Å²) in [5.74, 6) is 0.756. The topological polar surface area (TPSA) is 134 Å². The number of methoxy groups -OCH3 is 2. The third-order valence-electron chi connectivity index (χ3n) is 5.17. The summed E-state index contributed by atoms with van der Waals surface area (Å²) < 4.78 is 17.2. The highest BCUT2D eigenvalue weighted by atomic mass is 32.2. The number of nitrogens with zero attached hydrogens (tertiary/aromatic N) is 3. The van der Waals surface area contributed by atoms with Crippen molar-refractivity contribution in [3.05, 3.63) is 65.5 Å². The van der Waals surface area contributed by atoms with E-state index in [1.807, 2.05) is 6.07 Å². The number of aromatic nitrogens is 3. The lowest BCUT2D eigenvalue weighted by molar-refractivity contribution is -0.116. The van der Waals surface area contributed by atoms with Crippen molar-refractivity contribution in [1.82, 2.24) is 20.1 Å². The molecule has 0 radical (unpaired) electrons. The third kappa shape index (κ3) is 7.84. The number of thioether (sulfide) groups is 1. The van der Waals surface area contributed by atoms with Crippen LogP contribution in [0, 0.1) is 0 Å². The van der Waals surface area contributed by atoms with Gasteiger partial charge in [0.15, 0.2) is 22.5 Å². The average Bonchev–Trinajstić information content (AvgIpc) is 3.28. The molecule has 0 aliphatic carbocycles. The zero-order valence-corrected chi connectivity index (χ0v) is 22.3. The zero-order chi connectivity index (χ0) is 27.5. The quantitative estimate of drug-likeness (QED) is 0.202. The maximum absolute atomic E-state index is 12.4. The van der Waals surface area contributed by atoms with Gasteiger partial charge in [0.05, 0.1) is 38.7 Å². The van der Waals surface area contributed by atoms with Gasteiger partial charge in [0.2, 0.25) is 11.8 Å². The maximum Gasteiger partial charge on any atom is 0.338 e. The van der Waals surface area contributed by atoms with E-state index in [0.29, 0.717) is 33.7 Å². The number of ether oxygens (including phenoxy) is 3. The minimum Gasteiger partial charge on any atom is -0.493 e. The Balaban J connectivity index is 1.49. The van der Waals surface area contributed by atoms with Crippen LogP contribution in [0.2, 0.25) is 0 Å². The fraction of sp³-hybridized carbons (Fsp3) is 0.269. The molecule has 0 spiro atoms. The molecule has 0 fully saturated rings. The van der Waals surface area contributed by atoms with Crippen LogP contribution in [-0.4, -0.2) is 59.1 Å². The van der Waals surface area contributed by atoms with Gasteiger partial charge in [-0.1, -0.05) is 23.9 Å². The first kappa shape index (κ1) is 28.3. The Morgan fingerprint density at radius 1 is 1.05 bits per heavy atom. The summed E-state index contributed by atoms with van der Waals surface area (Å²) in [6.45, 7) is 2.16. The molecule has 0 unspecified atom stereocenters. The summed E-state index contributed by atoms with van der Waals surface area (Å²) in [5, 5.41) is 14.2. The summed E-state index contributed by atoms with van der Waals surface area (Å²) in [6.07, 6.45) is 3.07. The number of nitrogens with one attached hydrogen (secondary N) is 2. The molecule has 2 N–H and O–H groups in total. The first-order valence-electron chi connectivity index (χ1n) is 11.6. The Bertz CT molecular complexity index is 1320. The molecule has 0 aliphatic rings. The molecule has 2 amide bonds. The van der Waals surface area contributed by atoms with Gasteiger partial charge in [-0.3, -0.25) is 9.59 Å². The second-order valence-electron chi connectivity index (χ2n) is 7.76. The van der Waals surface area contributed by atoms with Crippen LogP contribution in [0.25, 0.3) is 6.08 Å². The molecule has 0 bridgehead atoms. The van der Waals surface area contributed by atoms with E-state index < -0.39 is 5.97 Å². The molecule has 2 aromatic carbocycles. The molecule has 38 heavy (non-hydrogen) atoms. The standard InChI is InChI=1S/C26H29N5O6S/c1-5-37-25(34)18-7-6-8-19(14-18)28-24(33)16-38-26-30-29-22(31(26)2)15-27-23(32)12-10-17-9-11-20(35-3)21(13-17)36-4/h6-14H,5,15-16H2,1-4H3,(H,27,32)(H,28,33)/b12-10+. The van der Waals surface area contributed by atoms with Gasteiger partial charge in [-0.2, -0.15) is 0 Å². The van der Waals surface area contributed by atoms with Crippen molar-refractivity contribution in [2.24, 2.45) is 7.05 Å². The molecule has 1 aromatic heterocycles. The van der Waals surface area contributed by atoms with Crippen LogP contribution in [0.15, 0.2) is 53.7 Å². The molecule has 3 aromatic rings. The van der Waals surface area contributed by atoms with Crippen molar-refractivity contribution in [3.63, 3.8) is 0 Å². The van der Waals surface area contributed by atoms with Gasteiger partial charge in [-0.25, -0.2) is 4.79 Å². The molecule has 12 heteroatoms. The van der Waals surface area contributed by atoms with Gasteiger partial charge in [0, 0.05) is 18.8 Å². The van der Waals surface area contributed by atoms with Crippen LogP contribution < -0.4 is 20.1 Å². The molecule has 0 saturated heterocycles. The summed E-state index contributed by atoms with van der Waals surface area (Å²) in [7, 11) is 4.86. The van der Waals surface area contributed by atoms with Crippen molar-refractivity contribution >= 4 is 41.3 Å². The van der Waals surface area contributed by atoms with Gasteiger partial charge < -0.3 is 29.4 Å². The van der Waals surface area contributed by atoms with Crippen LogP contribution in [0.1, 0.15) is 28.7 Å². The Morgan fingerprint density at radius 3 is 2.58 bits per heavy atom. The van der Waals surface area contributed by atoms with Crippen LogP contribution >= 0.6 is 11.8 Å². The first-order chi connectivity index (χ1) is 18.3. The third-order valence-corrected chi connectivity index (χ3v) is 6.19. The van der Waals surface area contributed by atoms with Gasteiger partial charge in [0.25, 0.3) is 0 Å². The number of carbonyl (C=O) groups is 3. The summed E-state index contributed by atoms with van der Waals surface area (Å²) in [6, 6.07) is 11.9. The maximum atomic E-state index is 12.4. The highest BCUT2D eigenvalue weighted by molar-refractivity contribution is 7.99. The second kappa shape index (κ2) is 13.8. The number of anilines is 1. The summed E-state index contributed by atoms with van der Waals surface area (Å²) in [5.41, 5.74) is 1.63. The van der Waals surface area contributed by atoms with Crippen molar-refractivity contribution in [3.8, 4) is 11.5 Å². The lowest BCUT2D eigenvalue weighted by atomic mass is 10.2. The molecule has 0 saturated carbocycles. The summed E-state index contributed by atoms with van der Waals surface area (Å²) >= 11 is 1.20. The minimum atomic E-state index is -0.451. The van der Waals surface area contributed by atoms with Crippen molar-refractivity contribution < 1.29 is 28.6 Å². The van der Waals surface area contributed by atoms with E-state index in [1.54, 1.807) is 75.2 Å². The highest BCUT2D eigenvalue weighted by Crippen LogP contribution is 2.28. The Hall–Kier alpha value is -4.32. The highest BCUT2D eigenvalue weighted by Gasteiger charge is 2.13. The second-order valence-corrected chi connectivity index (χ2v) is 8.70. The smallest absolute Gasteiger partial charge is 0.338 e. The van der Waals surface area contributed by atoms with E-state index in [4.69, 9.17) is 14.2 Å². The minimum absolute atomic E-state index is 0.0794. The van der Waals surface area contributed by atoms with Crippen LogP contribution in [0.4, 0.5) is 5.69 Å². The predicted octanol–water partition coefficient (Wildman–Crippen LogP) is 3.07. The predicted molar refractivity (Wildman–Crippen MR) is 143 cm³/mol. The Kier molecular flexibility index (Phi) is 10.3. The number of amides is 2. The summed E-state index contributed by atoms with van der Waals surface area (Å²) in [4.78, 5) is 36.6. The van der Waals surface area contributed by atoms with E-state index >= 15 is 0 Å². The molecule has 11 nitrogen and oxygen atoms in total. The number of esters is 1. The van der Waals surface area contributed by atoms with Crippen LogP contribution in [-0.2, 0) is 27.9 Å². The van der Waals surface area contributed by atoms with Crippen molar-refractivity contribution in [1.29, 1.82) is 0 Å². The fourth-order valence-corrected chi connectivity index (χ4v) is 3.97. The number of benzene rings is 2. The molecule has 3 rings (SSSR count). The first-order valence-corrected chi connectivity index (χ1v) is 12.6. The molecule has 200 valence electrons. The zero-order valence-electron chi connectivity index (χ0n) is 21.5. The van der Waals surface area contributed by atoms with Gasteiger partial charge in [0.1, 0.15) is 0 Å². The van der Waals surface area contributed by atoms with E-state index in [9.17, 15) is 14.4 Å². The lowest BCUT2D eigenvalue weighted by Gasteiger charge is -2.08. The van der Waals surface area contributed by atoms with Crippen LogP contribution in [0.3, 0.4) is 0 Å².